The van der Waals surface area contributed by atoms with Crippen LogP contribution in [0.2, 0.25) is 0 Å². The average molecular weight is 212 g/mol. The van der Waals surface area contributed by atoms with Crippen molar-refractivity contribution in [2.75, 3.05) is 26.7 Å². The number of aliphatic carboxylic acids is 1. The van der Waals surface area contributed by atoms with Gasteiger partial charge in [0.05, 0.1) is 6.54 Å². The average Bonchev–Trinajstić information content (AvgIpc) is 2.67. The van der Waals surface area contributed by atoms with Gasteiger partial charge < -0.3 is 14.9 Å². The lowest BCUT2D eigenvalue weighted by Gasteiger charge is -2.19. The number of rotatable bonds is 4. The maximum atomic E-state index is 11.6. The summed E-state index contributed by atoms with van der Waals surface area (Å²) >= 11 is 0. The van der Waals surface area contributed by atoms with E-state index < -0.39 is 5.97 Å². The van der Waals surface area contributed by atoms with Crippen LogP contribution < -0.4 is 0 Å². The molecule has 1 amide bonds. The Kier molecular flexibility index (Phi) is 4.15. The third-order valence-electron chi connectivity index (χ3n) is 2.32. The fourth-order valence-corrected chi connectivity index (χ4v) is 1.52. The molecule has 0 radical (unpaired) electrons. The summed E-state index contributed by atoms with van der Waals surface area (Å²) in [4.78, 5) is 25.2. The van der Waals surface area contributed by atoms with Crippen molar-refractivity contribution in [1.29, 1.82) is 0 Å². The summed E-state index contributed by atoms with van der Waals surface area (Å²) in [5.41, 5.74) is 0. The Bertz CT molecular complexity index is 270. The van der Waals surface area contributed by atoms with Crippen LogP contribution in [0.1, 0.15) is 12.8 Å². The molecule has 5 nitrogen and oxygen atoms in total. The first-order chi connectivity index (χ1) is 7.09. The molecule has 0 saturated carbocycles. The molecule has 1 aliphatic rings. The molecule has 1 aliphatic heterocycles. The summed E-state index contributed by atoms with van der Waals surface area (Å²) in [5, 5.41) is 8.40. The first-order valence-electron chi connectivity index (χ1n) is 4.99. The van der Waals surface area contributed by atoms with Gasteiger partial charge in [-0.15, -0.1) is 0 Å². The molecule has 1 N–H and O–H groups in total. The molecule has 1 rings (SSSR count). The zero-order valence-electron chi connectivity index (χ0n) is 8.85. The van der Waals surface area contributed by atoms with Crippen LogP contribution in [0, 0.1) is 0 Å². The zero-order chi connectivity index (χ0) is 11.3. The second kappa shape index (κ2) is 5.38. The molecule has 84 valence electrons. The molecule has 0 spiro atoms. The number of nitrogens with zero attached hydrogens (tertiary/aromatic N) is 2. The van der Waals surface area contributed by atoms with Crippen LogP contribution in [0.4, 0.5) is 0 Å². The highest BCUT2D eigenvalue weighted by Gasteiger charge is 2.17. The first kappa shape index (κ1) is 11.6. The van der Waals surface area contributed by atoms with Gasteiger partial charge in [-0.3, -0.25) is 4.79 Å². The van der Waals surface area contributed by atoms with Crippen LogP contribution in [0.25, 0.3) is 0 Å². The molecule has 0 aromatic carbocycles. The van der Waals surface area contributed by atoms with Crippen LogP contribution in [0.15, 0.2) is 12.3 Å². The highest BCUT2D eigenvalue weighted by atomic mass is 16.4. The van der Waals surface area contributed by atoms with E-state index in [1.54, 1.807) is 11.9 Å². The molecular weight excluding hydrogens is 196 g/mol. The number of carbonyl (C=O) groups is 2. The lowest BCUT2D eigenvalue weighted by molar-refractivity contribution is -0.132. The van der Waals surface area contributed by atoms with Crippen LogP contribution in [0.5, 0.6) is 0 Å². The first-order valence-corrected chi connectivity index (χ1v) is 4.99. The maximum absolute atomic E-state index is 11.6. The summed E-state index contributed by atoms with van der Waals surface area (Å²) in [6.07, 6.45) is 4.56. The highest BCUT2D eigenvalue weighted by molar-refractivity contribution is 5.80. The van der Waals surface area contributed by atoms with E-state index in [0.29, 0.717) is 0 Å². The predicted molar refractivity (Wildman–Crippen MR) is 55.2 cm³/mol. The van der Waals surface area contributed by atoms with Crippen molar-refractivity contribution in [1.82, 2.24) is 9.80 Å². The zero-order valence-corrected chi connectivity index (χ0v) is 8.85. The van der Waals surface area contributed by atoms with Gasteiger partial charge in [-0.2, -0.15) is 0 Å². The molecule has 5 heteroatoms. The van der Waals surface area contributed by atoms with Gasteiger partial charge in [-0.25, -0.2) is 4.79 Å². The molecule has 1 saturated heterocycles. The number of likely N-dealkylation sites (N-methyl/N-ethyl adjacent to an activating group) is 1. The third kappa shape index (κ3) is 4.01. The molecule has 15 heavy (non-hydrogen) atoms. The Morgan fingerprint density at radius 1 is 1.40 bits per heavy atom. The number of amides is 1. The van der Waals surface area contributed by atoms with Crippen molar-refractivity contribution < 1.29 is 14.7 Å². The van der Waals surface area contributed by atoms with E-state index in [1.807, 2.05) is 4.90 Å². The van der Waals surface area contributed by atoms with E-state index in [-0.39, 0.29) is 12.5 Å². The van der Waals surface area contributed by atoms with Gasteiger partial charge >= 0.3 is 5.97 Å². The van der Waals surface area contributed by atoms with E-state index >= 15 is 0 Å². The summed E-state index contributed by atoms with van der Waals surface area (Å²) in [6, 6.07) is 0. The van der Waals surface area contributed by atoms with Crippen molar-refractivity contribution >= 4 is 11.9 Å². The number of hydrogen-bond donors (Lipinski definition) is 1. The topological polar surface area (TPSA) is 60.9 Å². The molecule has 1 heterocycles. The van der Waals surface area contributed by atoms with Crippen LogP contribution in [-0.2, 0) is 9.59 Å². The monoisotopic (exact) mass is 212 g/mol. The number of hydrogen-bond acceptors (Lipinski definition) is 3. The fraction of sp³-hybridized carbons (Fsp3) is 0.600. The van der Waals surface area contributed by atoms with Crippen molar-refractivity contribution in [3.8, 4) is 0 Å². The van der Waals surface area contributed by atoms with E-state index in [4.69, 9.17) is 5.11 Å². The third-order valence-corrected chi connectivity index (χ3v) is 2.32. The fourth-order valence-electron chi connectivity index (χ4n) is 1.52. The number of carbonyl (C=O) groups excluding carboxylic acids is 1. The Balaban J connectivity index is 2.33. The van der Waals surface area contributed by atoms with Crippen molar-refractivity contribution in [2.24, 2.45) is 0 Å². The Labute approximate surface area is 89.0 Å². The lowest BCUT2D eigenvalue weighted by atomic mass is 10.4. The predicted octanol–water partition coefficient (Wildman–Crippen LogP) is 0.139. The minimum absolute atomic E-state index is 0.0602. The summed E-state index contributed by atoms with van der Waals surface area (Å²) < 4.78 is 0. The van der Waals surface area contributed by atoms with Crippen molar-refractivity contribution in [2.45, 2.75) is 12.8 Å². The van der Waals surface area contributed by atoms with Crippen molar-refractivity contribution in [3.05, 3.63) is 12.3 Å². The normalized spacial score (nSPS) is 15.9. The van der Waals surface area contributed by atoms with Gasteiger partial charge in [0.15, 0.2) is 0 Å². The molecule has 0 aromatic heterocycles. The molecule has 1 fully saturated rings. The maximum Gasteiger partial charge on any atom is 0.329 e. The van der Waals surface area contributed by atoms with Crippen LogP contribution >= 0.6 is 0 Å². The minimum atomic E-state index is -1.00. The van der Waals surface area contributed by atoms with Gasteiger partial charge in [-0.05, 0) is 12.8 Å². The molecule has 0 aromatic rings. The van der Waals surface area contributed by atoms with E-state index in [9.17, 15) is 9.59 Å². The molecule has 0 aliphatic carbocycles. The van der Waals surface area contributed by atoms with E-state index in [2.05, 4.69) is 0 Å². The Morgan fingerprint density at radius 2 is 2.00 bits per heavy atom. The second-order valence-electron chi connectivity index (χ2n) is 3.66. The number of carboxylic acid groups (broad SMARTS) is 1. The van der Waals surface area contributed by atoms with Gasteiger partial charge in [0.1, 0.15) is 0 Å². The van der Waals surface area contributed by atoms with Gasteiger partial charge in [0, 0.05) is 32.4 Å². The molecule has 0 atom stereocenters. The molecule has 0 bridgehead atoms. The Morgan fingerprint density at radius 3 is 2.53 bits per heavy atom. The Hall–Kier alpha value is -1.52. The van der Waals surface area contributed by atoms with Gasteiger partial charge in [-0.1, -0.05) is 0 Å². The summed E-state index contributed by atoms with van der Waals surface area (Å²) in [5.74, 6) is -0.944. The van der Waals surface area contributed by atoms with Crippen molar-refractivity contribution in [3.63, 3.8) is 0 Å². The summed E-state index contributed by atoms with van der Waals surface area (Å²) in [7, 11) is 1.69. The summed E-state index contributed by atoms with van der Waals surface area (Å²) in [6.45, 7) is 1.90. The minimum Gasteiger partial charge on any atom is -0.478 e. The number of carboxylic acids is 1. The van der Waals surface area contributed by atoms with E-state index in [1.165, 1.54) is 6.20 Å². The molecular formula is C10H16N2O3. The largest absolute Gasteiger partial charge is 0.478 e. The highest BCUT2D eigenvalue weighted by Crippen LogP contribution is 2.07. The lowest BCUT2D eigenvalue weighted by Crippen LogP contribution is -2.35. The van der Waals surface area contributed by atoms with Crippen LogP contribution in [-0.4, -0.2) is 53.5 Å². The SMILES string of the molecule is CN(C=CC(=O)O)CC(=O)N1CCCC1. The van der Waals surface area contributed by atoms with Gasteiger partial charge in [0.25, 0.3) is 0 Å². The number of likely N-dealkylation sites (tertiary alicyclic amines) is 1. The second-order valence-corrected chi connectivity index (χ2v) is 3.66. The van der Waals surface area contributed by atoms with E-state index in [0.717, 1.165) is 32.0 Å². The quantitative estimate of drug-likeness (QED) is 0.673. The van der Waals surface area contributed by atoms with Crippen LogP contribution in [0.3, 0.4) is 0 Å². The standard InChI is InChI=1S/C10H16N2O3/c1-11(7-4-10(14)15)8-9(13)12-5-2-3-6-12/h4,7H,2-3,5-6,8H2,1H3,(H,14,15). The molecule has 0 unspecified atom stereocenters. The van der Waals surface area contributed by atoms with Gasteiger partial charge in [0.2, 0.25) is 5.91 Å². The smallest absolute Gasteiger partial charge is 0.329 e.